The van der Waals surface area contributed by atoms with Crippen molar-refractivity contribution in [3.8, 4) is 0 Å². The maximum Gasteiger partial charge on any atom is 0.268 e. The Morgan fingerprint density at radius 3 is 2.86 bits per heavy atom. The number of aryl methyl sites for hydroxylation is 2. The van der Waals surface area contributed by atoms with E-state index < -0.39 is 0 Å². The van der Waals surface area contributed by atoms with E-state index in [0.717, 1.165) is 16.5 Å². The zero-order valence-electron chi connectivity index (χ0n) is 12.1. The SMILES string of the molecule is Cc1nc(C(C)NC(=O)c2cc3cccc(C)c3[nH]2)no1. The van der Waals surface area contributed by atoms with Gasteiger partial charge in [0.05, 0.1) is 6.04 Å². The zero-order valence-corrected chi connectivity index (χ0v) is 12.1. The van der Waals surface area contributed by atoms with Gasteiger partial charge < -0.3 is 14.8 Å². The molecule has 0 saturated carbocycles. The highest BCUT2D eigenvalue weighted by molar-refractivity contribution is 5.98. The minimum Gasteiger partial charge on any atom is -0.350 e. The van der Waals surface area contributed by atoms with Gasteiger partial charge in [-0.05, 0) is 25.5 Å². The largest absolute Gasteiger partial charge is 0.350 e. The number of amides is 1. The van der Waals surface area contributed by atoms with Gasteiger partial charge in [-0.15, -0.1) is 0 Å². The third kappa shape index (κ3) is 2.52. The van der Waals surface area contributed by atoms with Gasteiger partial charge in [0.2, 0.25) is 5.89 Å². The Balaban J connectivity index is 1.82. The number of nitrogens with one attached hydrogen (secondary N) is 2. The molecule has 0 spiro atoms. The van der Waals surface area contributed by atoms with Gasteiger partial charge in [0.15, 0.2) is 5.82 Å². The lowest BCUT2D eigenvalue weighted by Gasteiger charge is -2.08. The molecule has 1 unspecified atom stereocenters. The Labute approximate surface area is 121 Å². The molecule has 108 valence electrons. The highest BCUT2D eigenvalue weighted by Gasteiger charge is 2.17. The molecule has 2 heterocycles. The average Bonchev–Trinajstić information content (AvgIpc) is 3.05. The third-order valence-electron chi connectivity index (χ3n) is 3.39. The predicted octanol–water partition coefficient (Wildman–Crippen LogP) is 2.66. The number of aromatic nitrogens is 3. The van der Waals surface area contributed by atoms with Crippen LogP contribution in [-0.4, -0.2) is 21.0 Å². The second-order valence-corrected chi connectivity index (χ2v) is 5.09. The summed E-state index contributed by atoms with van der Waals surface area (Å²) in [5.74, 6) is 0.751. The maximum absolute atomic E-state index is 12.3. The number of fused-ring (bicyclic) bond motifs is 1. The van der Waals surface area contributed by atoms with Crippen molar-refractivity contribution in [2.75, 3.05) is 0 Å². The van der Waals surface area contributed by atoms with Crippen LogP contribution in [0.5, 0.6) is 0 Å². The highest BCUT2D eigenvalue weighted by Crippen LogP contribution is 2.19. The van der Waals surface area contributed by atoms with E-state index in [4.69, 9.17) is 4.52 Å². The summed E-state index contributed by atoms with van der Waals surface area (Å²) in [6, 6.07) is 7.47. The van der Waals surface area contributed by atoms with Crippen LogP contribution in [0.1, 0.15) is 40.7 Å². The molecular weight excluding hydrogens is 268 g/mol. The molecule has 0 saturated heterocycles. The van der Waals surface area contributed by atoms with Crippen LogP contribution >= 0.6 is 0 Å². The summed E-state index contributed by atoms with van der Waals surface area (Å²) in [5, 5.41) is 7.68. The molecular formula is C15H16N4O2. The molecule has 0 aliphatic rings. The molecule has 6 heteroatoms. The van der Waals surface area contributed by atoms with Crippen LogP contribution in [0.15, 0.2) is 28.8 Å². The van der Waals surface area contributed by atoms with Gasteiger partial charge in [0.1, 0.15) is 5.69 Å². The zero-order chi connectivity index (χ0) is 15.0. The molecule has 0 bridgehead atoms. The van der Waals surface area contributed by atoms with Gasteiger partial charge in [0.25, 0.3) is 5.91 Å². The lowest BCUT2D eigenvalue weighted by molar-refractivity contribution is 0.0933. The number of hydrogen-bond donors (Lipinski definition) is 2. The molecule has 1 atom stereocenters. The Kier molecular flexibility index (Phi) is 3.21. The van der Waals surface area contributed by atoms with Crippen molar-refractivity contribution in [1.29, 1.82) is 0 Å². The number of carbonyl (C=O) groups is 1. The van der Waals surface area contributed by atoms with Crippen molar-refractivity contribution in [2.24, 2.45) is 0 Å². The topological polar surface area (TPSA) is 83.8 Å². The fourth-order valence-corrected chi connectivity index (χ4v) is 2.26. The molecule has 2 N–H and O–H groups in total. The minimum atomic E-state index is -0.317. The maximum atomic E-state index is 12.3. The fourth-order valence-electron chi connectivity index (χ4n) is 2.26. The molecule has 0 fully saturated rings. The van der Waals surface area contributed by atoms with Gasteiger partial charge in [0, 0.05) is 17.8 Å². The van der Waals surface area contributed by atoms with E-state index in [1.165, 1.54) is 0 Å². The summed E-state index contributed by atoms with van der Waals surface area (Å²) in [7, 11) is 0. The van der Waals surface area contributed by atoms with Crippen molar-refractivity contribution in [2.45, 2.75) is 26.8 Å². The van der Waals surface area contributed by atoms with E-state index in [1.54, 1.807) is 6.92 Å². The van der Waals surface area contributed by atoms with Crippen molar-refractivity contribution in [3.63, 3.8) is 0 Å². The van der Waals surface area contributed by atoms with Gasteiger partial charge in [-0.3, -0.25) is 4.79 Å². The second kappa shape index (κ2) is 5.05. The van der Waals surface area contributed by atoms with E-state index in [0.29, 0.717) is 17.4 Å². The summed E-state index contributed by atoms with van der Waals surface area (Å²) in [6.45, 7) is 5.53. The lowest BCUT2D eigenvalue weighted by atomic mass is 10.2. The Morgan fingerprint density at radius 2 is 2.19 bits per heavy atom. The van der Waals surface area contributed by atoms with Gasteiger partial charge >= 0.3 is 0 Å². The number of nitrogens with zero attached hydrogens (tertiary/aromatic N) is 2. The van der Waals surface area contributed by atoms with Crippen LogP contribution in [-0.2, 0) is 0 Å². The van der Waals surface area contributed by atoms with E-state index in [-0.39, 0.29) is 11.9 Å². The van der Waals surface area contributed by atoms with E-state index in [9.17, 15) is 4.79 Å². The smallest absolute Gasteiger partial charge is 0.268 e. The molecule has 0 aliphatic heterocycles. The van der Waals surface area contributed by atoms with E-state index in [1.807, 2.05) is 38.1 Å². The molecule has 6 nitrogen and oxygen atoms in total. The summed E-state index contributed by atoms with van der Waals surface area (Å²) in [5.41, 5.74) is 2.60. The first-order valence-corrected chi connectivity index (χ1v) is 6.74. The molecule has 2 aromatic heterocycles. The van der Waals surface area contributed by atoms with Crippen molar-refractivity contribution >= 4 is 16.8 Å². The number of para-hydroxylation sites is 1. The monoisotopic (exact) mass is 284 g/mol. The van der Waals surface area contributed by atoms with Crippen LogP contribution in [0.4, 0.5) is 0 Å². The van der Waals surface area contributed by atoms with Crippen LogP contribution in [0, 0.1) is 13.8 Å². The standard InChI is InChI=1S/C15H16N4O2/c1-8-5-4-6-11-7-12(18-13(8)11)15(20)16-9(2)14-17-10(3)21-19-14/h4-7,9,18H,1-3H3,(H,16,20). The fraction of sp³-hybridized carbons (Fsp3) is 0.267. The molecule has 0 aliphatic carbocycles. The number of aromatic amines is 1. The third-order valence-corrected chi connectivity index (χ3v) is 3.39. The Bertz CT molecular complexity index is 803. The van der Waals surface area contributed by atoms with Crippen molar-refractivity contribution in [3.05, 3.63) is 47.2 Å². The summed E-state index contributed by atoms with van der Waals surface area (Å²) in [6.07, 6.45) is 0. The molecule has 1 aromatic carbocycles. The molecule has 21 heavy (non-hydrogen) atoms. The number of carbonyl (C=O) groups excluding carboxylic acids is 1. The summed E-state index contributed by atoms with van der Waals surface area (Å²) < 4.78 is 4.92. The van der Waals surface area contributed by atoms with Crippen LogP contribution in [0.3, 0.4) is 0 Å². The van der Waals surface area contributed by atoms with Gasteiger partial charge in [-0.1, -0.05) is 23.4 Å². The normalized spacial score (nSPS) is 12.5. The first kappa shape index (κ1) is 13.4. The summed E-state index contributed by atoms with van der Waals surface area (Å²) in [4.78, 5) is 19.5. The molecule has 3 rings (SSSR count). The summed E-state index contributed by atoms with van der Waals surface area (Å²) >= 11 is 0. The van der Waals surface area contributed by atoms with E-state index >= 15 is 0 Å². The van der Waals surface area contributed by atoms with Crippen molar-refractivity contribution in [1.82, 2.24) is 20.4 Å². The number of H-pyrrole nitrogens is 1. The average molecular weight is 284 g/mol. The molecule has 0 radical (unpaired) electrons. The minimum absolute atomic E-state index is 0.194. The lowest BCUT2D eigenvalue weighted by Crippen LogP contribution is -2.27. The van der Waals surface area contributed by atoms with Gasteiger partial charge in [-0.2, -0.15) is 4.98 Å². The molecule has 1 amide bonds. The van der Waals surface area contributed by atoms with Crippen LogP contribution < -0.4 is 5.32 Å². The number of benzene rings is 1. The first-order chi connectivity index (χ1) is 10.0. The first-order valence-electron chi connectivity index (χ1n) is 6.74. The van der Waals surface area contributed by atoms with Crippen LogP contribution in [0.25, 0.3) is 10.9 Å². The number of rotatable bonds is 3. The second-order valence-electron chi connectivity index (χ2n) is 5.09. The Hall–Kier alpha value is -2.63. The highest BCUT2D eigenvalue weighted by atomic mass is 16.5. The van der Waals surface area contributed by atoms with Crippen LogP contribution in [0.2, 0.25) is 0 Å². The van der Waals surface area contributed by atoms with Gasteiger partial charge in [-0.25, -0.2) is 0 Å². The van der Waals surface area contributed by atoms with E-state index in [2.05, 4.69) is 20.4 Å². The predicted molar refractivity (Wildman–Crippen MR) is 78.0 cm³/mol. The number of hydrogen-bond acceptors (Lipinski definition) is 4. The molecule has 3 aromatic rings. The Morgan fingerprint density at radius 1 is 1.38 bits per heavy atom. The quantitative estimate of drug-likeness (QED) is 0.774. The van der Waals surface area contributed by atoms with Crippen molar-refractivity contribution < 1.29 is 9.32 Å².